The molecule has 2 aromatic carbocycles. The second-order valence-corrected chi connectivity index (χ2v) is 11.1. The first kappa shape index (κ1) is 24.1. The Bertz CT molecular complexity index is 1280. The summed E-state index contributed by atoms with van der Waals surface area (Å²) in [6.45, 7) is 5.00. The van der Waals surface area contributed by atoms with Crippen molar-refractivity contribution < 1.29 is 17.6 Å². The number of benzene rings is 2. The monoisotopic (exact) mass is 484 g/mol. The molecule has 3 aromatic rings. The van der Waals surface area contributed by atoms with Gasteiger partial charge in [0.2, 0.25) is 10.0 Å². The van der Waals surface area contributed by atoms with Crippen molar-refractivity contribution in [3.63, 3.8) is 0 Å². The number of hydrogen-bond donors (Lipinski definition) is 1. The Hall–Kier alpha value is -3.04. The molecule has 180 valence electrons. The maximum Gasteiger partial charge on any atom is 0.252 e. The summed E-state index contributed by atoms with van der Waals surface area (Å²) in [5, 5.41) is 2.84. The van der Waals surface area contributed by atoms with E-state index < -0.39 is 27.8 Å². The quantitative estimate of drug-likeness (QED) is 0.578. The summed E-state index contributed by atoms with van der Waals surface area (Å²) in [5.41, 5.74) is 0.444. The molecule has 0 spiro atoms. The minimum Gasteiger partial charge on any atom is -0.338 e. The molecule has 7 nitrogen and oxygen atoms in total. The van der Waals surface area contributed by atoms with Gasteiger partial charge in [0.25, 0.3) is 5.91 Å². The molecule has 2 heterocycles. The zero-order chi connectivity index (χ0) is 24.5. The van der Waals surface area contributed by atoms with Crippen molar-refractivity contribution in [3.05, 3.63) is 83.7 Å². The van der Waals surface area contributed by atoms with Crippen LogP contribution in [0.4, 0.5) is 4.39 Å². The summed E-state index contributed by atoms with van der Waals surface area (Å²) in [5.74, 6) is 0.00121. The molecule has 1 saturated heterocycles. The Morgan fingerprint density at radius 2 is 1.82 bits per heavy atom. The number of sulfonamides is 1. The average molecular weight is 485 g/mol. The zero-order valence-electron chi connectivity index (χ0n) is 19.5. The van der Waals surface area contributed by atoms with Crippen molar-refractivity contribution in [3.8, 4) is 0 Å². The van der Waals surface area contributed by atoms with Gasteiger partial charge in [0.15, 0.2) is 0 Å². The second-order valence-electron chi connectivity index (χ2n) is 9.12. The van der Waals surface area contributed by atoms with Crippen molar-refractivity contribution in [2.24, 2.45) is 18.9 Å². The third-order valence-electron chi connectivity index (χ3n) is 6.18. The number of halogens is 1. The highest BCUT2D eigenvalue weighted by Crippen LogP contribution is 2.28. The number of amides is 1. The summed E-state index contributed by atoms with van der Waals surface area (Å²) >= 11 is 0. The maximum absolute atomic E-state index is 14.6. The van der Waals surface area contributed by atoms with Gasteiger partial charge in [0.05, 0.1) is 4.90 Å². The molecule has 3 atom stereocenters. The molecule has 0 radical (unpaired) electrons. The molecule has 1 aromatic heterocycles. The Kier molecular flexibility index (Phi) is 6.86. The van der Waals surface area contributed by atoms with Crippen molar-refractivity contribution in [1.82, 2.24) is 19.2 Å². The van der Waals surface area contributed by atoms with Crippen LogP contribution in [0.5, 0.6) is 0 Å². The number of aryl methyl sites for hydroxylation is 1. The van der Waals surface area contributed by atoms with Gasteiger partial charge in [-0.15, -0.1) is 0 Å². The van der Waals surface area contributed by atoms with Gasteiger partial charge in [-0.05, 0) is 42.5 Å². The molecule has 4 rings (SSSR count). The van der Waals surface area contributed by atoms with Crippen LogP contribution < -0.4 is 5.32 Å². The van der Waals surface area contributed by atoms with Crippen LogP contribution in [0.2, 0.25) is 0 Å². The molecule has 0 unspecified atom stereocenters. The van der Waals surface area contributed by atoms with E-state index >= 15 is 0 Å². The smallest absolute Gasteiger partial charge is 0.252 e. The number of imidazole rings is 1. The topological polar surface area (TPSA) is 84.3 Å². The van der Waals surface area contributed by atoms with E-state index in [1.54, 1.807) is 54.3 Å². The highest BCUT2D eigenvalue weighted by molar-refractivity contribution is 7.89. The van der Waals surface area contributed by atoms with Crippen LogP contribution in [0.1, 0.15) is 48.1 Å². The fraction of sp³-hybridized carbons (Fsp3) is 0.360. The van der Waals surface area contributed by atoms with Gasteiger partial charge in [-0.25, -0.2) is 17.8 Å². The van der Waals surface area contributed by atoms with Crippen LogP contribution in [0.25, 0.3) is 0 Å². The second kappa shape index (κ2) is 9.68. The first-order chi connectivity index (χ1) is 16.2. The van der Waals surface area contributed by atoms with E-state index in [1.807, 2.05) is 13.8 Å². The maximum atomic E-state index is 14.6. The zero-order valence-corrected chi connectivity index (χ0v) is 20.3. The van der Waals surface area contributed by atoms with Gasteiger partial charge in [-0.2, -0.15) is 4.31 Å². The Balaban J connectivity index is 1.64. The van der Waals surface area contributed by atoms with Gasteiger partial charge in [-0.3, -0.25) is 4.79 Å². The number of rotatable bonds is 6. The number of nitrogens with one attached hydrogen (secondary N) is 1. The van der Waals surface area contributed by atoms with Crippen LogP contribution >= 0.6 is 0 Å². The van der Waals surface area contributed by atoms with Crippen molar-refractivity contribution in [2.75, 3.05) is 13.1 Å². The predicted molar refractivity (Wildman–Crippen MR) is 127 cm³/mol. The Labute approximate surface area is 199 Å². The van der Waals surface area contributed by atoms with Crippen LogP contribution in [-0.2, 0) is 17.1 Å². The van der Waals surface area contributed by atoms with Crippen LogP contribution in [0.15, 0.2) is 65.8 Å². The molecule has 1 N–H and O–H groups in total. The third-order valence-corrected chi connectivity index (χ3v) is 8.01. The first-order valence-electron chi connectivity index (χ1n) is 11.3. The highest BCUT2D eigenvalue weighted by Gasteiger charge is 2.32. The van der Waals surface area contributed by atoms with E-state index in [1.165, 1.54) is 22.5 Å². The predicted octanol–water partition coefficient (Wildman–Crippen LogP) is 3.75. The van der Waals surface area contributed by atoms with Gasteiger partial charge < -0.3 is 9.88 Å². The fourth-order valence-electron chi connectivity index (χ4n) is 4.61. The summed E-state index contributed by atoms with van der Waals surface area (Å²) in [6.07, 6.45) is 4.27. The molecular formula is C25H29FN4O3S. The summed E-state index contributed by atoms with van der Waals surface area (Å²) < 4.78 is 44.4. The van der Waals surface area contributed by atoms with E-state index in [-0.39, 0.29) is 27.9 Å². The number of aromatic nitrogens is 2. The SMILES string of the molecule is C[C@@H]1C[C@@H](C)CN(S(=O)(=O)c2cccc(C(=O)N[C@@H](c3ccccc3F)c3nccn3C)c2)C1. The van der Waals surface area contributed by atoms with E-state index in [0.717, 1.165) is 6.42 Å². The molecule has 9 heteroatoms. The lowest BCUT2D eigenvalue weighted by Crippen LogP contribution is -2.42. The minimum atomic E-state index is -3.74. The van der Waals surface area contributed by atoms with Gasteiger partial charge in [-0.1, -0.05) is 38.1 Å². The molecule has 1 amide bonds. The lowest BCUT2D eigenvalue weighted by atomic mass is 9.94. The Morgan fingerprint density at radius 3 is 2.47 bits per heavy atom. The van der Waals surface area contributed by atoms with E-state index in [9.17, 15) is 17.6 Å². The summed E-state index contributed by atoms with van der Waals surface area (Å²) in [7, 11) is -1.98. The van der Waals surface area contributed by atoms with Gasteiger partial charge >= 0.3 is 0 Å². The van der Waals surface area contributed by atoms with Crippen LogP contribution in [0.3, 0.4) is 0 Å². The van der Waals surface area contributed by atoms with Crippen LogP contribution in [0, 0.1) is 17.7 Å². The molecular weight excluding hydrogens is 455 g/mol. The first-order valence-corrected chi connectivity index (χ1v) is 12.7. The highest BCUT2D eigenvalue weighted by atomic mass is 32.2. The van der Waals surface area contributed by atoms with E-state index in [2.05, 4.69) is 10.3 Å². The molecule has 1 aliphatic rings. The number of hydrogen-bond acceptors (Lipinski definition) is 4. The molecule has 0 aliphatic carbocycles. The molecule has 0 bridgehead atoms. The molecule has 34 heavy (non-hydrogen) atoms. The van der Waals surface area contributed by atoms with Gasteiger partial charge in [0.1, 0.15) is 17.7 Å². The number of carbonyl (C=O) groups is 1. The molecule has 0 saturated carbocycles. The minimum absolute atomic E-state index is 0.0703. The van der Waals surface area contributed by atoms with Gasteiger partial charge in [0, 0.05) is 43.7 Å². The van der Waals surface area contributed by atoms with Crippen molar-refractivity contribution in [2.45, 2.75) is 31.2 Å². The number of piperidine rings is 1. The number of carbonyl (C=O) groups excluding carboxylic acids is 1. The lowest BCUT2D eigenvalue weighted by Gasteiger charge is -2.34. The largest absolute Gasteiger partial charge is 0.338 e. The lowest BCUT2D eigenvalue weighted by molar-refractivity contribution is 0.0940. The summed E-state index contributed by atoms with van der Waals surface area (Å²) in [6, 6.07) is 11.3. The standard InChI is InChI=1S/C25H29FN4O3S/c1-17-13-18(2)16-30(15-17)34(32,33)20-8-6-7-19(14-20)25(31)28-23(24-27-11-12-29(24)3)21-9-4-5-10-22(21)26/h4-12,14,17-18,23H,13,15-16H2,1-3H3,(H,28,31)/t17-,18-,23+/m1/s1. The van der Waals surface area contributed by atoms with E-state index in [4.69, 9.17) is 0 Å². The van der Waals surface area contributed by atoms with E-state index in [0.29, 0.717) is 18.9 Å². The van der Waals surface area contributed by atoms with Crippen molar-refractivity contribution >= 4 is 15.9 Å². The third kappa shape index (κ3) is 4.90. The average Bonchev–Trinajstić information content (AvgIpc) is 3.23. The summed E-state index contributed by atoms with van der Waals surface area (Å²) in [4.78, 5) is 17.6. The fourth-order valence-corrected chi connectivity index (χ4v) is 6.34. The number of nitrogens with zero attached hydrogens (tertiary/aromatic N) is 3. The molecule has 1 fully saturated rings. The van der Waals surface area contributed by atoms with Crippen molar-refractivity contribution in [1.29, 1.82) is 0 Å². The normalized spacial score (nSPS) is 20.1. The van der Waals surface area contributed by atoms with Crippen LogP contribution in [-0.4, -0.2) is 41.3 Å². The Morgan fingerprint density at radius 1 is 1.12 bits per heavy atom. The molecule has 1 aliphatic heterocycles.